The van der Waals surface area contributed by atoms with Crippen molar-refractivity contribution in [2.45, 2.75) is 39.7 Å². The van der Waals surface area contributed by atoms with Crippen LogP contribution in [0.5, 0.6) is 0 Å². The number of carboxylic acids is 1. The quantitative estimate of drug-likeness (QED) is 0.782. The second kappa shape index (κ2) is 7.53. The van der Waals surface area contributed by atoms with Gasteiger partial charge in [-0.25, -0.2) is 0 Å². The second-order valence-electron chi connectivity index (χ2n) is 8.14. The van der Waals surface area contributed by atoms with Crippen LogP contribution in [0.1, 0.15) is 33.6 Å². The summed E-state index contributed by atoms with van der Waals surface area (Å²) in [7, 11) is 1.47. The molecule has 0 radical (unpaired) electrons. The molecule has 8 heteroatoms. The molecule has 2 aliphatic heterocycles. The molecule has 2 saturated heterocycles. The van der Waals surface area contributed by atoms with Gasteiger partial charge >= 0.3 is 5.97 Å². The van der Waals surface area contributed by atoms with Gasteiger partial charge in [0.15, 0.2) is 0 Å². The third-order valence-electron chi connectivity index (χ3n) is 4.71. The van der Waals surface area contributed by atoms with E-state index in [0.717, 1.165) is 0 Å². The van der Waals surface area contributed by atoms with Gasteiger partial charge in [0.05, 0.1) is 12.5 Å². The van der Waals surface area contributed by atoms with Crippen molar-refractivity contribution in [2.75, 3.05) is 38.4 Å². The fraction of sp³-hybridized carbons (Fsp3) is 0.824. The summed E-state index contributed by atoms with van der Waals surface area (Å²) in [6, 6.07) is -0.494. The van der Waals surface area contributed by atoms with E-state index in [-0.39, 0.29) is 30.4 Å². The first-order valence-corrected chi connectivity index (χ1v) is 9.63. The molecule has 2 amide bonds. The van der Waals surface area contributed by atoms with Crippen molar-refractivity contribution in [3.63, 3.8) is 0 Å². The molecule has 1 N–H and O–H groups in total. The number of carboxylic acid groups (broad SMARTS) is 1. The van der Waals surface area contributed by atoms with Crippen LogP contribution >= 0.6 is 11.8 Å². The van der Waals surface area contributed by atoms with E-state index in [1.54, 1.807) is 21.6 Å². The molecular weight excluding hydrogens is 344 g/mol. The van der Waals surface area contributed by atoms with Gasteiger partial charge in [0, 0.05) is 32.4 Å². The van der Waals surface area contributed by atoms with E-state index >= 15 is 0 Å². The minimum Gasteiger partial charge on any atom is -0.481 e. The summed E-state index contributed by atoms with van der Waals surface area (Å²) in [6.45, 7) is 6.60. The van der Waals surface area contributed by atoms with Crippen LogP contribution in [0, 0.1) is 10.8 Å². The van der Waals surface area contributed by atoms with Crippen molar-refractivity contribution in [3.05, 3.63) is 0 Å². The van der Waals surface area contributed by atoms with Crippen LogP contribution in [0.25, 0.3) is 0 Å². The predicted octanol–water partition coefficient (Wildman–Crippen LogP) is 1.27. The number of hydrogen-bond donors (Lipinski definition) is 1. The van der Waals surface area contributed by atoms with E-state index in [4.69, 9.17) is 4.74 Å². The van der Waals surface area contributed by atoms with Gasteiger partial charge in [-0.2, -0.15) is 0 Å². The topological polar surface area (TPSA) is 87.2 Å². The number of aliphatic carboxylic acids is 1. The Labute approximate surface area is 153 Å². The minimum atomic E-state index is -1.05. The standard InChI is InChI=1S/C17H28N2O5S/c1-16(2,3)7-13(20)19-11-25-8-12(19)14(21)18-6-5-17(9-18,10-24-4)15(22)23/h12H,5-11H2,1-4H3,(H,22,23). The lowest BCUT2D eigenvalue weighted by Gasteiger charge is -2.30. The highest BCUT2D eigenvalue weighted by Gasteiger charge is 2.48. The summed E-state index contributed by atoms with van der Waals surface area (Å²) >= 11 is 1.56. The molecule has 0 saturated carbocycles. The fourth-order valence-electron chi connectivity index (χ4n) is 3.35. The number of thioether (sulfide) groups is 1. The second-order valence-corrected chi connectivity index (χ2v) is 9.14. The highest BCUT2D eigenvalue weighted by Crippen LogP contribution is 2.34. The van der Waals surface area contributed by atoms with Gasteiger partial charge < -0.3 is 19.6 Å². The Morgan fingerprint density at radius 1 is 1.32 bits per heavy atom. The molecule has 2 unspecified atom stereocenters. The number of hydrogen-bond acceptors (Lipinski definition) is 5. The lowest BCUT2D eigenvalue weighted by molar-refractivity contribution is -0.152. The Morgan fingerprint density at radius 2 is 2.00 bits per heavy atom. The van der Waals surface area contributed by atoms with Gasteiger partial charge in [0.2, 0.25) is 11.8 Å². The van der Waals surface area contributed by atoms with Gasteiger partial charge in [0.1, 0.15) is 11.5 Å². The minimum absolute atomic E-state index is 0.0172. The summed E-state index contributed by atoms with van der Waals surface area (Å²) in [5, 5.41) is 9.54. The molecule has 2 heterocycles. The molecule has 0 aromatic heterocycles. The largest absolute Gasteiger partial charge is 0.481 e. The SMILES string of the molecule is COCC1(C(=O)O)CCN(C(=O)C2CSCN2C(=O)CC(C)(C)C)C1. The molecule has 2 fully saturated rings. The van der Waals surface area contributed by atoms with Crippen LogP contribution in [0.3, 0.4) is 0 Å². The zero-order chi connectivity index (χ0) is 18.8. The number of amides is 2. The zero-order valence-electron chi connectivity index (χ0n) is 15.4. The number of rotatable bonds is 5. The molecule has 0 aromatic carbocycles. The van der Waals surface area contributed by atoms with Crippen LogP contribution < -0.4 is 0 Å². The van der Waals surface area contributed by atoms with Gasteiger partial charge in [0.25, 0.3) is 0 Å². The fourth-order valence-corrected chi connectivity index (χ4v) is 4.52. The number of ether oxygens (including phenoxy) is 1. The molecule has 0 bridgehead atoms. The van der Waals surface area contributed by atoms with Crippen LogP contribution in [-0.2, 0) is 19.1 Å². The van der Waals surface area contributed by atoms with Gasteiger partial charge in [-0.15, -0.1) is 11.8 Å². The van der Waals surface area contributed by atoms with Gasteiger partial charge in [-0.3, -0.25) is 14.4 Å². The number of carbonyl (C=O) groups is 3. The van der Waals surface area contributed by atoms with Crippen molar-refractivity contribution in [1.29, 1.82) is 0 Å². The van der Waals surface area contributed by atoms with E-state index in [1.807, 2.05) is 20.8 Å². The highest BCUT2D eigenvalue weighted by atomic mass is 32.2. The Bertz CT molecular complexity index is 548. The Morgan fingerprint density at radius 3 is 2.56 bits per heavy atom. The summed E-state index contributed by atoms with van der Waals surface area (Å²) in [5.74, 6) is -0.0225. The van der Waals surface area contributed by atoms with Crippen molar-refractivity contribution in [3.8, 4) is 0 Å². The van der Waals surface area contributed by atoms with Crippen LogP contribution in [0.4, 0.5) is 0 Å². The Hall–Kier alpha value is -1.28. The Kier molecular flexibility index (Phi) is 6.04. The maximum absolute atomic E-state index is 12.9. The monoisotopic (exact) mass is 372 g/mol. The highest BCUT2D eigenvalue weighted by molar-refractivity contribution is 7.99. The smallest absolute Gasteiger partial charge is 0.313 e. The first kappa shape index (κ1) is 20.0. The molecule has 7 nitrogen and oxygen atoms in total. The molecule has 2 atom stereocenters. The lowest BCUT2D eigenvalue weighted by Crippen LogP contribution is -2.50. The van der Waals surface area contributed by atoms with E-state index in [1.165, 1.54) is 7.11 Å². The van der Waals surface area contributed by atoms with Crippen LogP contribution in [0.2, 0.25) is 0 Å². The van der Waals surface area contributed by atoms with Gasteiger partial charge in [-0.05, 0) is 11.8 Å². The Balaban J connectivity index is 2.07. The third kappa shape index (κ3) is 4.47. The number of methoxy groups -OCH3 is 1. The maximum atomic E-state index is 12.9. The van der Waals surface area contributed by atoms with E-state index in [9.17, 15) is 19.5 Å². The molecule has 2 aliphatic rings. The van der Waals surface area contributed by atoms with Crippen molar-refractivity contribution in [1.82, 2.24) is 9.80 Å². The van der Waals surface area contributed by atoms with Crippen molar-refractivity contribution in [2.24, 2.45) is 10.8 Å². The molecule has 0 spiro atoms. The number of carbonyl (C=O) groups excluding carboxylic acids is 2. The van der Waals surface area contributed by atoms with Gasteiger partial charge in [-0.1, -0.05) is 20.8 Å². The zero-order valence-corrected chi connectivity index (χ0v) is 16.2. The summed E-state index contributed by atoms with van der Waals surface area (Å²) < 4.78 is 5.07. The maximum Gasteiger partial charge on any atom is 0.313 e. The first-order chi connectivity index (χ1) is 11.6. The molecule has 25 heavy (non-hydrogen) atoms. The number of likely N-dealkylation sites (tertiary alicyclic amines) is 1. The molecular formula is C17H28N2O5S. The van der Waals surface area contributed by atoms with Crippen LogP contribution in [0.15, 0.2) is 0 Å². The molecule has 142 valence electrons. The van der Waals surface area contributed by atoms with Crippen molar-refractivity contribution < 1.29 is 24.2 Å². The summed E-state index contributed by atoms with van der Waals surface area (Å²) in [5.41, 5.74) is -1.18. The first-order valence-electron chi connectivity index (χ1n) is 8.48. The summed E-state index contributed by atoms with van der Waals surface area (Å²) in [4.78, 5) is 40.4. The average Bonchev–Trinajstić information content (AvgIpc) is 3.12. The average molecular weight is 372 g/mol. The lowest BCUT2D eigenvalue weighted by atomic mass is 9.88. The van der Waals surface area contributed by atoms with Crippen molar-refractivity contribution >= 4 is 29.5 Å². The van der Waals surface area contributed by atoms with E-state index in [2.05, 4.69) is 0 Å². The summed E-state index contributed by atoms with van der Waals surface area (Å²) in [6.07, 6.45) is 0.762. The van der Waals surface area contributed by atoms with E-state index < -0.39 is 17.4 Å². The third-order valence-corrected chi connectivity index (χ3v) is 5.72. The van der Waals surface area contributed by atoms with E-state index in [0.29, 0.717) is 31.0 Å². The normalized spacial score (nSPS) is 27.0. The molecule has 0 aliphatic carbocycles. The van der Waals surface area contributed by atoms with Crippen LogP contribution in [-0.4, -0.2) is 77.2 Å². The predicted molar refractivity (Wildman–Crippen MR) is 95.2 cm³/mol. The number of nitrogens with zero attached hydrogens (tertiary/aromatic N) is 2. The molecule has 2 rings (SSSR count). The molecule has 0 aromatic rings.